The molecule has 0 atom stereocenters. The van der Waals surface area contributed by atoms with Crippen LogP contribution in [0.5, 0.6) is 5.75 Å². The van der Waals surface area contributed by atoms with E-state index in [0.29, 0.717) is 17.9 Å². The first-order valence-corrected chi connectivity index (χ1v) is 7.98. The standard InChI is InChI=1S/C19H20N2O3/c1-12(2)24-17-6-4-3-5-16(17)21-18(22)10-13-7-8-15-14(9-13)11-19(23)20-15/h3-9,12H,10-11H2,1-2H3,(H,20,23)(H,21,22). The highest BCUT2D eigenvalue weighted by atomic mass is 16.5. The number of benzene rings is 2. The third kappa shape index (κ3) is 3.74. The lowest BCUT2D eigenvalue weighted by Crippen LogP contribution is -2.16. The second kappa shape index (κ2) is 6.74. The minimum Gasteiger partial charge on any atom is -0.489 e. The highest BCUT2D eigenvalue weighted by Gasteiger charge is 2.18. The highest BCUT2D eigenvalue weighted by molar-refractivity contribution is 5.99. The van der Waals surface area contributed by atoms with Gasteiger partial charge in [0, 0.05) is 5.69 Å². The van der Waals surface area contributed by atoms with Gasteiger partial charge in [0.25, 0.3) is 0 Å². The molecule has 2 aromatic carbocycles. The van der Waals surface area contributed by atoms with Crippen LogP contribution in [0.2, 0.25) is 0 Å². The second-order valence-electron chi connectivity index (χ2n) is 6.10. The lowest BCUT2D eigenvalue weighted by Gasteiger charge is -2.15. The van der Waals surface area contributed by atoms with Gasteiger partial charge >= 0.3 is 0 Å². The average molecular weight is 324 g/mol. The van der Waals surface area contributed by atoms with Gasteiger partial charge in [-0.05, 0) is 43.2 Å². The third-order valence-corrected chi connectivity index (χ3v) is 3.68. The summed E-state index contributed by atoms with van der Waals surface area (Å²) in [6.45, 7) is 3.89. The Morgan fingerprint density at radius 3 is 2.83 bits per heavy atom. The van der Waals surface area contributed by atoms with Crippen LogP contribution in [0.4, 0.5) is 11.4 Å². The summed E-state index contributed by atoms with van der Waals surface area (Å²) >= 11 is 0. The van der Waals surface area contributed by atoms with Crippen LogP contribution < -0.4 is 15.4 Å². The van der Waals surface area contributed by atoms with Gasteiger partial charge < -0.3 is 15.4 Å². The number of amides is 2. The monoisotopic (exact) mass is 324 g/mol. The minimum absolute atomic E-state index is 0.00800. The van der Waals surface area contributed by atoms with Crippen LogP contribution in [-0.2, 0) is 22.4 Å². The Labute approximate surface area is 141 Å². The van der Waals surface area contributed by atoms with E-state index in [2.05, 4.69) is 10.6 Å². The van der Waals surface area contributed by atoms with Gasteiger partial charge in [0.05, 0.1) is 24.6 Å². The predicted molar refractivity (Wildman–Crippen MR) is 93.3 cm³/mol. The highest BCUT2D eigenvalue weighted by Crippen LogP contribution is 2.26. The Balaban J connectivity index is 1.69. The lowest BCUT2D eigenvalue weighted by molar-refractivity contribution is -0.116. The van der Waals surface area contributed by atoms with Gasteiger partial charge in [-0.15, -0.1) is 0 Å². The number of para-hydroxylation sites is 2. The second-order valence-corrected chi connectivity index (χ2v) is 6.10. The molecule has 5 heteroatoms. The summed E-state index contributed by atoms with van der Waals surface area (Å²) in [6.07, 6.45) is 0.651. The van der Waals surface area contributed by atoms with Crippen LogP contribution >= 0.6 is 0 Å². The topological polar surface area (TPSA) is 67.4 Å². The molecule has 2 aromatic rings. The van der Waals surface area contributed by atoms with Crippen LogP contribution in [0.25, 0.3) is 0 Å². The number of hydrogen-bond donors (Lipinski definition) is 2. The molecule has 0 radical (unpaired) electrons. The number of ether oxygens (including phenoxy) is 1. The van der Waals surface area contributed by atoms with Crippen molar-refractivity contribution >= 4 is 23.2 Å². The summed E-state index contributed by atoms with van der Waals surface area (Å²) in [5.41, 5.74) is 3.31. The van der Waals surface area contributed by atoms with Crippen LogP contribution in [0.1, 0.15) is 25.0 Å². The van der Waals surface area contributed by atoms with E-state index in [9.17, 15) is 9.59 Å². The number of carbonyl (C=O) groups excluding carboxylic acids is 2. The van der Waals surface area contributed by atoms with Crippen molar-refractivity contribution in [3.8, 4) is 5.75 Å². The summed E-state index contributed by atoms with van der Waals surface area (Å²) in [4.78, 5) is 23.7. The molecule has 124 valence electrons. The van der Waals surface area contributed by atoms with E-state index >= 15 is 0 Å². The van der Waals surface area contributed by atoms with E-state index in [1.807, 2.05) is 56.3 Å². The van der Waals surface area contributed by atoms with Crippen molar-refractivity contribution in [3.05, 3.63) is 53.6 Å². The lowest BCUT2D eigenvalue weighted by atomic mass is 10.1. The summed E-state index contributed by atoms with van der Waals surface area (Å²) < 4.78 is 5.71. The van der Waals surface area contributed by atoms with Crippen molar-refractivity contribution < 1.29 is 14.3 Å². The largest absolute Gasteiger partial charge is 0.489 e. The Morgan fingerprint density at radius 1 is 1.25 bits per heavy atom. The van der Waals surface area contributed by atoms with Crippen molar-refractivity contribution in [3.63, 3.8) is 0 Å². The smallest absolute Gasteiger partial charge is 0.228 e. The average Bonchev–Trinajstić information content (AvgIpc) is 2.88. The molecule has 2 N–H and O–H groups in total. The van der Waals surface area contributed by atoms with Gasteiger partial charge in [-0.25, -0.2) is 0 Å². The van der Waals surface area contributed by atoms with Gasteiger partial charge in [-0.2, -0.15) is 0 Å². The zero-order valence-corrected chi connectivity index (χ0v) is 13.8. The number of nitrogens with one attached hydrogen (secondary N) is 2. The van der Waals surface area contributed by atoms with Gasteiger partial charge in [0.2, 0.25) is 11.8 Å². The Morgan fingerprint density at radius 2 is 2.04 bits per heavy atom. The van der Waals surface area contributed by atoms with E-state index in [0.717, 1.165) is 16.8 Å². The number of anilines is 2. The summed E-state index contributed by atoms with van der Waals surface area (Å²) in [5, 5.41) is 5.68. The van der Waals surface area contributed by atoms with Crippen LogP contribution in [0.3, 0.4) is 0 Å². The zero-order chi connectivity index (χ0) is 17.1. The van der Waals surface area contributed by atoms with Gasteiger partial charge in [-0.1, -0.05) is 24.3 Å². The van der Waals surface area contributed by atoms with Gasteiger partial charge in [0.15, 0.2) is 0 Å². The van der Waals surface area contributed by atoms with Gasteiger partial charge in [-0.3, -0.25) is 9.59 Å². The maximum Gasteiger partial charge on any atom is 0.228 e. The van der Waals surface area contributed by atoms with Crippen LogP contribution in [0, 0.1) is 0 Å². The molecule has 0 saturated heterocycles. The molecule has 1 heterocycles. The number of rotatable bonds is 5. The molecule has 5 nitrogen and oxygen atoms in total. The normalized spacial score (nSPS) is 12.7. The fourth-order valence-corrected chi connectivity index (χ4v) is 2.70. The van der Waals surface area contributed by atoms with E-state index < -0.39 is 0 Å². The maximum absolute atomic E-state index is 12.3. The molecule has 0 unspecified atom stereocenters. The van der Waals surface area contributed by atoms with E-state index in [4.69, 9.17) is 4.74 Å². The van der Waals surface area contributed by atoms with Crippen LogP contribution in [0.15, 0.2) is 42.5 Å². The molecule has 1 aliphatic rings. The Hall–Kier alpha value is -2.82. The van der Waals surface area contributed by atoms with Crippen molar-refractivity contribution in [2.45, 2.75) is 32.8 Å². The SMILES string of the molecule is CC(C)Oc1ccccc1NC(=O)Cc1ccc2c(c1)CC(=O)N2. The Kier molecular flexibility index (Phi) is 4.51. The predicted octanol–water partition coefficient (Wildman–Crippen LogP) is 3.15. The molecular weight excluding hydrogens is 304 g/mol. The molecule has 0 saturated carbocycles. The van der Waals surface area contributed by atoms with Crippen molar-refractivity contribution in [2.75, 3.05) is 10.6 Å². The minimum atomic E-state index is -0.118. The number of hydrogen-bond acceptors (Lipinski definition) is 3. The molecule has 2 amide bonds. The first-order chi connectivity index (χ1) is 11.5. The summed E-state index contributed by atoms with van der Waals surface area (Å²) in [5.74, 6) is 0.531. The molecule has 3 rings (SSSR count). The first kappa shape index (κ1) is 16.1. The molecule has 0 spiro atoms. The Bertz CT molecular complexity index is 784. The zero-order valence-electron chi connectivity index (χ0n) is 13.8. The van der Waals surface area contributed by atoms with Crippen LogP contribution in [-0.4, -0.2) is 17.9 Å². The summed E-state index contributed by atoms with van der Waals surface area (Å²) in [7, 11) is 0. The fraction of sp³-hybridized carbons (Fsp3) is 0.263. The van der Waals surface area contributed by atoms with Crippen molar-refractivity contribution in [2.24, 2.45) is 0 Å². The number of fused-ring (bicyclic) bond motifs is 1. The fourth-order valence-electron chi connectivity index (χ4n) is 2.70. The van der Waals surface area contributed by atoms with E-state index in [1.54, 1.807) is 0 Å². The molecule has 0 aromatic heterocycles. The van der Waals surface area contributed by atoms with E-state index in [1.165, 1.54) is 0 Å². The molecule has 24 heavy (non-hydrogen) atoms. The quantitative estimate of drug-likeness (QED) is 0.888. The van der Waals surface area contributed by atoms with Crippen molar-refractivity contribution in [1.29, 1.82) is 0 Å². The summed E-state index contributed by atoms with van der Waals surface area (Å²) in [6, 6.07) is 13.0. The first-order valence-electron chi connectivity index (χ1n) is 7.98. The molecular formula is C19H20N2O3. The molecule has 0 fully saturated rings. The van der Waals surface area contributed by atoms with Crippen molar-refractivity contribution in [1.82, 2.24) is 0 Å². The molecule has 0 aliphatic carbocycles. The third-order valence-electron chi connectivity index (χ3n) is 3.68. The molecule has 1 aliphatic heterocycles. The van der Waals surface area contributed by atoms with Gasteiger partial charge in [0.1, 0.15) is 5.75 Å². The molecule has 0 bridgehead atoms. The maximum atomic E-state index is 12.3. The number of carbonyl (C=O) groups is 2. The van der Waals surface area contributed by atoms with E-state index in [-0.39, 0.29) is 24.3 Å².